The van der Waals surface area contributed by atoms with Crippen molar-refractivity contribution in [1.82, 2.24) is 4.98 Å². The number of benzene rings is 1. The molecular weight excluding hydrogens is 401 g/mol. The Labute approximate surface area is 171 Å². The van der Waals surface area contributed by atoms with Crippen molar-refractivity contribution in [3.05, 3.63) is 47.3 Å². The van der Waals surface area contributed by atoms with Gasteiger partial charge in [-0.15, -0.1) is 0 Å². The largest absolute Gasteiger partial charge is 0.466 e. The molecule has 0 radical (unpaired) electrons. The van der Waals surface area contributed by atoms with E-state index >= 15 is 0 Å². The second kappa shape index (κ2) is 9.12. The lowest BCUT2D eigenvalue weighted by atomic mass is 10.1. The van der Waals surface area contributed by atoms with Crippen molar-refractivity contribution in [3.8, 4) is 0 Å². The van der Waals surface area contributed by atoms with Crippen LogP contribution in [-0.4, -0.2) is 42.5 Å². The van der Waals surface area contributed by atoms with Crippen LogP contribution >= 0.6 is 0 Å². The quantitative estimate of drug-likeness (QED) is 0.402. The fourth-order valence-corrected chi connectivity index (χ4v) is 3.15. The summed E-state index contributed by atoms with van der Waals surface area (Å²) in [5.41, 5.74) is 5.46. The highest BCUT2D eigenvalue weighted by molar-refractivity contribution is 6.09. The van der Waals surface area contributed by atoms with E-state index in [9.17, 15) is 22.8 Å². The highest BCUT2D eigenvalue weighted by Gasteiger charge is 2.27. The van der Waals surface area contributed by atoms with Gasteiger partial charge in [-0.3, -0.25) is 9.59 Å². The molecule has 1 aliphatic rings. The molecule has 0 bridgehead atoms. The summed E-state index contributed by atoms with van der Waals surface area (Å²) in [5, 5.41) is 2.61. The van der Waals surface area contributed by atoms with Gasteiger partial charge in [0.2, 0.25) is 0 Å². The van der Waals surface area contributed by atoms with Crippen molar-refractivity contribution in [2.45, 2.75) is 25.8 Å². The molecule has 0 saturated carbocycles. The first-order valence-electron chi connectivity index (χ1n) is 9.40. The molecule has 7 nitrogen and oxygen atoms in total. The first-order valence-corrected chi connectivity index (χ1v) is 9.40. The van der Waals surface area contributed by atoms with Crippen LogP contribution < -0.4 is 16.0 Å². The Morgan fingerprint density at radius 3 is 2.67 bits per heavy atom. The number of ketones is 1. The molecule has 1 saturated heterocycles. The lowest BCUT2D eigenvalue weighted by Crippen LogP contribution is -2.28. The van der Waals surface area contributed by atoms with Gasteiger partial charge < -0.3 is 20.7 Å². The number of carbonyl (C=O) groups excluding carboxylic acids is 2. The summed E-state index contributed by atoms with van der Waals surface area (Å²) < 4.78 is 46.8. The Kier molecular flexibility index (Phi) is 6.56. The predicted molar refractivity (Wildman–Crippen MR) is 104 cm³/mol. The number of anilines is 3. The van der Waals surface area contributed by atoms with E-state index in [1.54, 1.807) is 11.8 Å². The number of nitrogens with one attached hydrogen (secondary N) is 1. The maximum atomic E-state index is 14.8. The Balaban J connectivity index is 2.00. The Bertz CT molecular complexity index is 971. The summed E-state index contributed by atoms with van der Waals surface area (Å²) in [6.45, 7) is 2.50. The first-order chi connectivity index (χ1) is 14.3. The number of carbonyl (C=O) groups is 2. The lowest BCUT2D eigenvalue weighted by Gasteiger charge is -2.20. The molecule has 3 N–H and O–H groups in total. The molecule has 1 aliphatic heterocycles. The van der Waals surface area contributed by atoms with Crippen molar-refractivity contribution in [3.63, 3.8) is 0 Å². The van der Waals surface area contributed by atoms with Gasteiger partial charge in [0.05, 0.1) is 17.9 Å². The SMILES string of the molecule is CCOC(=O)CC(=O)c1cc(F)c(N2CCC(N)C2)nc1Nc1ccc(F)cc1F. The fraction of sp³-hybridized carbons (Fsp3) is 0.350. The van der Waals surface area contributed by atoms with E-state index in [1.165, 1.54) is 0 Å². The van der Waals surface area contributed by atoms with Crippen LogP contribution in [0, 0.1) is 17.5 Å². The molecule has 30 heavy (non-hydrogen) atoms. The van der Waals surface area contributed by atoms with E-state index in [-0.39, 0.29) is 35.5 Å². The van der Waals surface area contributed by atoms with Gasteiger partial charge in [0, 0.05) is 25.2 Å². The van der Waals surface area contributed by atoms with Crippen LogP contribution in [0.1, 0.15) is 30.1 Å². The third-order valence-corrected chi connectivity index (χ3v) is 4.58. The minimum absolute atomic E-state index is 0.0549. The molecule has 1 unspecified atom stereocenters. The molecule has 0 aliphatic carbocycles. The number of aromatic nitrogens is 1. The average Bonchev–Trinajstić information content (AvgIpc) is 3.11. The molecule has 160 valence electrons. The van der Waals surface area contributed by atoms with E-state index in [0.29, 0.717) is 25.6 Å². The number of ether oxygens (including phenoxy) is 1. The number of nitrogens with zero attached hydrogens (tertiary/aromatic N) is 2. The predicted octanol–water partition coefficient (Wildman–Crippen LogP) is 2.92. The van der Waals surface area contributed by atoms with Gasteiger partial charge in [-0.1, -0.05) is 0 Å². The molecule has 10 heteroatoms. The van der Waals surface area contributed by atoms with E-state index in [4.69, 9.17) is 10.5 Å². The summed E-state index contributed by atoms with van der Waals surface area (Å²) in [7, 11) is 0. The second-order valence-corrected chi connectivity index (χ2v) is 6.84. The maximum absolute atomic E-state index is 14.8. The van der Waals surface area contributed by atoms with Crippen LogP contribution in [0.3, 0.4) is 0 Å². The second-order valence-electron chi connectivity index (χ2n) is 6.84. The molecule has 3 rings (SSSR count). The third-order valence-electron chi connectivity index (χ3n) is 4.58. The van der Waals surface area contributed by atoms with Crippen molar-refractivity contribution in [1.29, 1.82) is 0 Å². The van der Waals surface area contributed by atoms with Gasteiger partial charge in [-0.2, -0.15) is 0 Å². The van der Waals surface area contributed by atoms with Crippen LogP contribution in [0.4, 0.5) is 30.5 Å². The normalized spacial score (nSPS) is 15.9. The van der Waals surface area contributed by atoms with E-state index in [2.05, 4.69) is 10.3 Å². The summed E-state index contributed by atoms with van der Waals surface area (Å²) in [4.78, 5) is 30.1. The summed E-state index contributed by atoms with van der Waals surface area (Å²) in [6.07, 6.45) is 0.00346. The maximum Gasteiger partial charge on any atom is 0.313 e. The molecule has 1 aromatic carbocycles. The first kappa shape index (κ1) is 21.6. The number of rotatable bonds is 7. The number of esters is 1. The lowest BCUT2D eigenvalue weighted by molar-refractivity contribution is -0.141. The number of pyridine rings is 1. The molecular formula is C20H21F3N4O3. The van der Waals surface area contributed by atoms with Gasteiger partial charge in [0.15, 0.2) is 17.4 Å². The Morgan fingerprint density at radius 2 is 2.03 bits per heavy atom. The van der Waals surface area contributed by atoms with E-state index in [1.807, 2.05) is 0 Å². The number of halogens is 3. The number of nitrogens with two attached hydrogens (primary N) is 1. The highest BCUT2D eigenvalue weighted by Crippen LogP contribution is 2.29. The topological polar surface area (TPSA) is 97.6 Å². The molecule has 0 spiro atoms. The molecule has 1 fully saturated rings. The minimum Gasteiger partial charge on any atom is -0.466 e. The molecule has 2 heterocycles. The number of Topliss-reactive ketones (excluding diaryl/α,β-unsaturated/α-hetero) is 1. The average molecular weight is 422 g/mol. The van der Waals surface area contributed by atoms with Crippen molar-refractivity contribution < 1.29 is 27.5 Å². The highest BCUT2D eigenvalue weighted by atomic mass is 19.1. The van der Waals surface area contributed by atoms with Crippen LogP contribution in [0.25, 0.3) is 0 Å². The third kappa shape index (κ3) is 4.88. The van der Waals surface area contributed by atoms with Crippen LogP contribution in [-0.2, 0) is 9.53 Å². The van der Waals surface area contributed by atoms with Gasteiger partial charge in [0.1, 0.15) is 23.9 Å². The van der Waals surface area contributed by atoms with Gasteiger partial charge in [-0.05, 0) is 31.5 Å². The smallest absolute Gasteiger partial charge is 0.313 e. The van der Waals surface area contributed by atoms with E-state index < -0.39 is 35.6 Å². The van der Waals surface area contributed by atoms with Crippen molar-refractivity contribution in [2.24, 2.45) is 5.73 Å². The van der Waals surface area contributed by atoms with Crippen molar-refractivity contribution in [2.75, 3.05) is 29.9 Å². The molecule has 0 amide bonds. The monoisotopic (exact) mass is 422 g/mol. The standard InChI is InChI=1S/C20H21F3N4O3/c1-2-30-18(29)9-17(28)13-8-15(23)20(27-6-5-12(24)10-27)26-19(13)25-16-4-3-11(21)7-14(16)22/h3-4,7-8,12H,2,5-6,9-10,24H2,1H3,(H,25,26). The number of hydrogen-bond donors (Lipinski definition) is 2. The van der Waals surface area contributed by atoms with Gasteiger partial charge in [0.25, 0.3) is 0 Å². The zero-order valence-corrected chi connectivity index (χ0v) is 16.3. The molecule has 1 atom stereocenters. The van der Waals surface area contributed by atoms with Gasteiger partial charge in [-0.25, -0.2) is 18.2 Å². The van der Waals surface area contributed by atoms with Crippen LogP contribution in [0.15, 0.2) is 24.3 Å². The Hall–Kier alpha value is -3.14. The summed E-state index contributed by atoms with van der Waals surface area (Å²) in [6, 6.07) is 3.60. The zero-order valence-electron chi connectivity index (χ0n) is 16.3. The van der Waals surface area contributed by atoms with Crippen LogP contribution in [0.2, 0.25) is 0 Å². The minimum atomic E-state index is -0.922. The van der Waals surface area contributed by atoms with Crippen LogP contribution in [0.5, 0.6) is 0 Å². The van der Waals surface area contributed by atoms with E-state index in [0.717, 1.165) is 18.2 Å². The molecule has 2 aromatic rings. The molecule has 1 aromatic heterocycles. The van der Waals surface area contributed by atoms with Crippen molar-refractivity contribution >= 4 is 29.1 Å². The fourth-order valence-electron chi connectivity index (χ4n) is 3.15. The zero-order chi connectivity index (χ0) is 21.8. The summed E-state index contributed by atoms with van der Waals surface area (Å²) >= 11 is 0. The summed E-state index contributed by atoms with van der Waals surface area (Å²) in [5.74, 6) is -4.23. The Morgan fingerprint density at radius 1 is 1.27 bits per heavy atom. The van der Waals surface area contributed by atoms with Gasteiger partial charge >= 0.3 is 5.97 Å². The number of hydrogen-bond acceptors (Lipinski definition) is 7.